The molecule has 4 heteroatoms. The molecule has 0 aliphatic heterocycles. The summed E-state index contributed by atoms with van der Waals surface area (Å²) < 4.78 is 5.74. The standard InChI is InChI=1S/C30H52N2O2/c1-7-31-32-28(33)34-23-15-17-29(5)22(19-23)11-12-24-26-14-13-25(21(4)10-8-9-20(2)3)30(26,6)18-16-27(24)29/h11,20-21,23-27,31H,7-10,12-19H2,1-6H3,(H,32,33)/t21-,23+,24+,25-,26+,27+,29+,30-/m1/s1. The van der Waals surface area contributed by atoms with Crippen molar-refractivity contribution in [2.24, 2.45) is 46.3 Å². The van der Waals surface area contributed by atoms with Crippen LogP contribution < -0.4 is 10.9 Å². The van der Waals surface area contributed by atoms with Crippen molar-refractivity contribution in [3.05, 3.63) is 11.6 Å². The van der Waals surface area contributed by atoms with Crippen LogP contribution in [-0.4, -0.2) is 18.7 Å². The van der Waals surface area contributed by atoms with Crippen LogP contribution in [0.25, 0.3) is 0 Å². The van der Waals surface area contributed by atoms with Crippen molar-refractivity contribution in [3.63, 3.8) is 0 Å². The van der Waals surface area contributed by atoms with Crippen molar-refractivity contribution in [2.45, 2.75) is 118 Å². The lowest BCUT2D eigenvalue weighted by Gasteiger charge is -2.58. The van der Waals surface area contributed by atoms with E-state index in [0.29, 0.717) is 17.4 Å². The fraction of sp³-hybridized carbons (Fsp3) is 0.900. The number of hydrazine groups is 1. The minimum absolute atomic E-state index is 0.0194. The fourth-order valence-electron chi connectivity index (χ4n) is 9.09. The van der Waals surface area contributed by atoms with Crippen LogP contribution in [0.2, 0.25) is 0 Å². The van der Waals surface area contributed by atoms with Gasteiger partial charge < -0.3 is 4.74 Å². The monoisotopic (exact) mass is 472 g/mol. The van der Waals surface area contributed by atoms with Gasteiger partial charge in [0.05, 0.1) is 0 Å². The van der Waals surface area contributed by atoms with E-state index in [4.69, 9.17) is 4.74 Å². The summed E-state index contributed by atoms with van der Waals surface area (Å²) >= 11 is 0. The van der Waals surface area contributed by atoms with Crippen LogP contribution >= 0.6 is 0 Å². The molecule has 4 aliphatic carbocycles. The van der Waals surface area contributed by atoms with E-state index in [0.717, 1.165) is 54.8 Å². The second-order valence-electron chi connectivity index (χ2n) is 13.2. The van der Waals surface area contributed by atoms with Gasteiger partial charge in [-0.05, 0) is 91.3 Å². The molecule has 0 spiro atoms. The molecule has 34 heavy (non-hydrogen) atoms. The third-order valence-corrected chi connectivity index (χ3v) is 10.9. The summed E-state index contributed by atoms with van der Waals surface area (Å²) in [5.41, 5.74) is 7.93. The lowest BCUT2D eigenvalue weighted by Crippen LogP contribution is -2.51. The summed E-state index contributed by atoms with van der Waals surface area (Å²) in [5, 5.41) is 0. The third-order valence-electron chi connectivity index (χ3n) is 10.9. The van der Waals surface area contributed by atoms with Crippen molar-refractivity contribution in [1.82, 2.24) is 10.9 Å². The zero-order valence-electron chi connectivity index (χ0n) is 22.9. The van der Waals surface area contributed by atoms with Gasteiger partial charge in [0.15, 0.2) is 0 Å². The smallest absolute Gasteiger partial charge is 0.421 e. The van der Waals surface area contributed by atoms with Crippen molar-refractivity contribution >= 4 is 6.09 Å². The summed E-state index contributed by atoms with van der Waals surface area (Å²) in [6, 6.07) is 0. The lowest BCUT2D eigenvalue weighted by atomic mass is 9.47. The molecule has 4 nitrogen and oxygen atoms in total. The molecule has 1 amide bonds. The zero-order chi connectivity index (χ0) is 24.5. The van der Waals surface area contributed by atoms with Gasteiger partial charge in [-0.3, -0.25) is 5.43 Å². The second-order valence-corrected chi connectivity index (χ2v) is 13.2. The van der Waals surface area contributed by atoms with Gasteiger partial charge in [0, 0.05) is 13.0 Å². The molecule has 194 valence electrons. The molecule has 0 aromatic heterocycles. The Kier molecular flexibility index (Phi) is 8.06. The average Bonchev–Trinajstić information content (AvgIpc) is 3.15. The van der Waals surface area contributed by atoms with Crippen molar-refractivity contribution in [2.75, 3.05) is 6.54 Å². The van der Waals surface area contributed by atoms with E-state index in [9.17, 15) is 4.79 Å². The predicted molar refractivity (Wildman–Crippen MR) is 140 cm³/mol. The Morgan fingerprint density at radius 2 is 1.88 bits per heavy atom. The predicted octanol–water partition coefficient (Wildman–Crippen LogP) is 7.65. The molecule has 0 saturated heterocycles. The third kappa shape index (κ3) is 4.95. The molecule has 3 saturated carbocycles. The first-order valence-electron chi connectivity index (χ1n) is 14.6. The number of hydrogen-bond donors (Lipinski definition) is 2. The molecule has 4 rings (SSSR count). The van der Waals surface area contributed by atoms with Gasteiger partial charge in [0.2, 0.25) is 0 Å². The highest BCUT2D eigenvalue weighted by Crippen LogP contribution is 2.67. The minimum Gasteiger partial charge on any atom is -0.445 e. The normalized spacial score (nSPS) is 40.1. The molecule has 0 aromatic rings. The van der Waals surface area contributed by atoms with Gasteiger partial charge in [-0.15, -0.1) is 0 Å². The van der Waals surface area contributed by atoms with Crippen LogP contribution in [-0.2, 0) is 4.74 Å². The Bertz CT molecular complexity index is 748. The summed E-state index contributed by atoms with van der Waals surface area (Å²) in [6.45, 7) is 15.2. The van der Waals surface area contributed by atoms with Crippen LogP contribution in [0.5, 0.6) is 0 Å². The Morgan fingerprint density at radius 1 is 1.09 bits per heavy atom. The van der Waals surface area contributed by atoms with Gasteiger partial charge in [-0.2, -0.15) is 0 Å². The van der Waals surface area contributed by atoms with Crippen LogP contribution in [0.4, 0.5) is 4.79 Å². The molecule has 2 N–H and O–H groups in total. The van der Waals surface area contributed by atoms with E-state index in [1.54, 1.807) is 5.57 Å². The number of amides is 1. The van der Waals surface area contributed by atoms with E-state index in [1.165, 1.54) is 51.4 Å². The van der Waals surface area contributed by atoms with Crippen molar-refractivity contribution < 1.29 is 9.53 Å². The molecule has 0 aromatic carbocycles. The van der Waals surface area contributed by atoms with Crippen LogP contribution in [0.1, 0.15) is 112 Å². The van der Waals surface area contributed by atoms with Crippen LogP contribution in [0.3, 0.4) is 0 Å². The molecule has 4 aliphatic rings. The zero-order valence-corrected chi connectivity index (χ0v) is 22.9. The molecule has 8 atom stereocenters. The highest BCUT2D eigenvalue weighted by Gasteiger charge is 2.59. The number of fused-ring (bicyclic) bond motifs is 5. The Balaban J connectivity index is 1.41. The SMILES string of the molecule is CCNNC(=O)O[C@H]1CC[C@@]2(C)C(=CC[C@H]3[C@@H]4CC[C@H]([C@H](C)CCCC(C)C)[C@@]4(C)CC[C@@H]32)C1. The number of allylic oxidation sites excluding steroid dienone is 1. The van der Waals surface area contributed by atoms with Gasteiger partial charge in [-0.25, -0.2) is 10.2 Å². The summed E-state index contributed by atoms with van der Waals surface area (Å²) in [6.07, 6.45) is 16.5. The van der Waals surface area contributed by atoms with Gasteiger partial charge >= 0.3 is 6.09 Å². The number of hydrogen-bond acceptors (Lipinski definition) is 3. The summed E-state index contributed by atoms with van der Waals surface area (Å²) in [5.74, 6) is 5.20. The van der Waals surface area contributed by atoms with E-state index < -0.39 is 0 Å². The Morgan fingerprint density at radius 3 is 2.62 bits per heavy atom. The highest BCUT2D eigenvalue weighted by atomic mass is 16.6. The first-order chi connectivity index (χ1) is 16.2. The molecule has 0 bridgehead atoms. The number of nitrogens with one attached hydrogen (secondary N) is 2. The highest BCUT2D eigenvalue weighted by molar-refractivity contribution is 5.66. The summed E-state index contributed by atoms with van der Waals surface area (Å²) in [4.78, 5) is 12.1. The number of rotatable bonds is 8. The quantitative estimate of drug-likeness (QED) is 0.282. The maximum absolute atomic E-state index is 12.1. The second kappa shape index (κ2) is 10.5. The van der Waals surface area contributed by atoms with Crippen molar-refractivity contribution in [1.29, 1.82) is 0 Å². The van der Waals surface area contributed by atoms with Gasteiger partial charge in [0.25, 0.3) is 0 Å². The molecular weight excluding hydrogens is 420 g/mol. The van der Waals surface area contributed by atoms with E-state index in [1.807, 2.05) is 6.92 Å². The number of ether oxygens (including phenoxy) is 1. The van der Waals surface area contributed by atoms with Crippen LogP contribution in [0.15, 0.2) is 11.6 Å². The number of carbonyl (C=O) groups is 1. The Labute approximate surface area is 209 Å². The first kappa shape index (κ1) is 26.0. The molecular formula is C30H52N2O2. The molecule has 0 heterocycles. The number of carbonyl (C=O) groups excluding carboxylic acids is 1. The van der Waals surface area contributed by atoms with E-state index >= 15 is 0 Å². The largest absolute Gasteiger partial charge is 0.445 e. The minimum atomic E-state index is -0.335. The average molecular weight is 473 g/mol. The first-order valence-corrected chi connectivity index (χ1v) is 14.6. The molecule has 0 radical (unpaired) electrons. The van der Waals surface area contributed by atoms with E-state index in [-0.39, 0.29) is 12.2 Å². The molecule has 0 unspecified atom stereocenters. The van der Waals surface area contributed by atoms with Gasteiger partial charge in [0.1, 0.15) is 6.10 Å². The topological polar surface area (TPSA) is 50.4 Å². The fourth-order valence-corrected chi connectivity index (χ4v) is 9.09. The Hall–Kier alpha value is -1.03. The van der Waals surface area contributed by atoms with Crippen LogP contribution in [0, 0.1) is 46.3 Å². The van der Waals surface area contributed by atoms with Gasteiger partial charge in [-0.1, -0.05) is 72.5 Å². The lowest BCUT2D eigenvalue weighted by molar-refractivity contribution is -0.0582. The molecule has 3 fully saturated rings. The maximum Gasteiger partial charge on any atom is 0.421 e. The summed E-state index contributed by atoms with van der Waals surface area (Å²) in [7, 11) is 0. The maximum atomic E-state index is 12.1. The van der Waals surface area contributed by atoms with Crippen molar-refractivity contribution in [3.8, 4) is 0 Å². The van der Waals surface area contributed by atoms with E-state index in [2.05, 4.69) is 51.5 Å².